The third kappa shape index (κ3) is 2.67. The first-order valence-corrected chi connectivity index (χ1v) is 8.33. The summed E-state index contributed by atoms with van der Waals surface area (Å²) in [5.41, 5.74) is 3.87. The van der Waals surface area contributed by atoms with Crippen molar-refractivity contribution in [3.63, 3.8) is 0 Å². The Hall–Kier alpha value is -1.13. The van der Waals surface area contributed by atoms with Crippen molar-refractivity contribution in [1.29, 1.82) is 0 Å². The topological polar surface area (TPSA) is 38.3 Å². The molecular formula is C17H20BrNO2. The Balaban J connectivity index is 2.04. The van der Waals surface area contributed by atoms with Gasteiger partial charge in [-0.25, -0.2) is 4.79 Å². The number of carbonyl (C=O) groups is 1. The van der Waals surface area contributed by atoms with E-state index in [1.165, 1.54) is 11.1 Å². The summed E-state index contributed by atoms with van der Waals surface area (Å²) in [6.07, 6.45) is 4.85. The Bertz CT molecular complexity index is 588. The maximum absolute atomic E-state index is 11.8. The van der Waals surface area contributed by atoms with Crippen molar-refractivity contribution in [1.82, 2.24) is 5.32 Å². The largest absolute Gasteiger partial charge is 0.463 e. The number of fused-ring (bicyclic) bond motifs is 2. The Morgan fingerprint density at radius 3 is 2.90 bits per heavy atom. The minimum Gasteiger partial charge on any atom is -0.463 e. The molecule has 1 fully saturated rings. The Morgan fingerprint density at radius 2 is 2.19 bits per heavy atom. The van der Waals surface area contributed by atoms with Crippen LogP contribution in [0.25, 0.3) is 5.57 Å². The van der Waals surface area contributed by atoms with E-state index in [0.717, 1.165) is 42.4 Å². The van der Waals surface area contributed by atoms with Crippen LogP contribution in [0.1, 0.15) is 37.3 Å². The van der Waals surface area contributed by atoms with Gasteiger partial charge in [0.2, 0.25) is 0 Å². The van der Waals surface area contributed by atoms with Gasteiger partial charge in [-0.15, -0.1) is 0 Å². The zero-order chi connectivity index (χ0) is 14.9. The Morgan fingerprint density at radius 1 is 1.43 bits per heavy atom. The fourth-order valence-electron chi connectivity index (χ4n) is 3.67. The van der Waals surface area contributed by atoms with E-state index in [4.69, 9.17) is 4.74 Å². The molecule has 0 aromatic heterocycles. The summed E-state index contributed by atoms with van der Waals surface area (Å²) in [5.74, 6) is -0.232. The van der Waals surface area contributed by atoms with Gasteiger partial charge in [-0.05, 0) is 62.0 Å². The monoisotopic (exact) mass is 349 g/mol. The van der Waals surface area contributed by atoms with Crippen LogP contribution in [-0.2, 0) is 14.9 Å². The number of nitrogens with one attached hydrogen (secondary N) is 1. The highest BCUT2D eigenvalue weighted by molar-refractivity contribution is 9.10. The lowest BCUT2D eigenvalue weighted by Gasteiger charge is -2.35. The van der Waals surface area contributed by atoms with Gasteiger partial charge in [-0.1, -0.05) is 28.1 Å². The number of hydrogen-bond donors (Lipinski definition) is 1. The van der Waals surface area contributed by atoms with Gasteiger partial charge >= 0.3 is 5.97 Å². The van der Waals surface area contributed by atoms with Crippen molar-refractivity contribution in [3.05, 3.63) is 39.9 Å². The van der Waals surface area contributed by atoms with Crippen molar-refractivity contribution in [2.75, 3.05) is 19.7 Å². The number of carbonyl (C=O) groups excluding carboxylic acids is 1. The quantitative estimate of drug-likeness (QED) is 0.656. The fourth-order valence-corrected chi connectivity index (χ4v) is 4.45. The van der Waals surface area contributed by atoms with Crippen molar-refractivity contribution in [2.45, 2.75) is 31.6 Å². The number of piperidine rings is 1. The molecule has 1 aliphatic carbocycles. The van der Waals surface area contributed by atoms with E-state index >= 15 is 0 Å². The third-order valence-corrected chi connectivity index (χ3v) is 5.22. The molecule has 0 amide bonds. The zero-order valence-corrected chi connectivity index (χ0v) is 13.8. The molecule has 0 atom stereocenters. The number of halogens is 1. The summed E-state index contributed by atoms with van der Waals surface area (Å²) in [5, 5.41) is 3.44. The SMILES string of the molecule is CCOC(=O)/C=C1/CC2(CCNCC2)c2c(Br)cccc21. The van der Waals surface area contributed by atoms with Crippen LogP contribution in [0.3, 0.4) is 0 Å². The standard InChI is InChI=1S/C17H20BrNO2/c1-2-21-15(20)10-12-11-17(6-8-19-9-7-17)16-13(12)4-3-5-14(16)18/h3-5,10,19H,2,6-9,11H2,1H3/b12-10-. The van der Waals surface area contributed by atoms with Gasteiger partial charge in [0.15, 0.2) is 0 Å². The Kier molecular flexibility index (Phi) is 4.18. The highest BCUT2D eigenvalue weighted by Gasteiger charge is 2.43. The van der Waals surface area contributed by atoms with Gasteiger partial charge in [0.05, 0.1) is 6.61 Å². The van der Waals surface area contributed by atoms with E-state index in [-0.39, 0.29) is 11.4 Å². The van der Waals surface area contributed by atoms with Gasteiger partial charge < -0.3 is 10.1 Å². The van der Waals surface area contributed by atoms with Crippen molar-refractivity contribution >= 4 is 27.5 Å². The number of allylic oxidation sites excluding steroid dienone is 1. The number of benzene rings is 1. The molecule has 3 nitrogen and oxygen atoms in total. The van der Waals surface area contributed by atoms with Crippen LogP contribution < -0.4 is 5.32 Å². The lowest BCUT2D eigenvalue weighted by atomic mass is 9.74. The summed E-state index contributed by atoms with van der Waals surface area (Å²) in [6, 6.07) is 6.28. The minimum absolute atomic E-state index is 0.166. The van der Waals surface area contributed by atoms with Gasteiger partial charge in [0.1, 0.15) is 0 Å². The molecule has 0 bridgehead atoms. The second-order valence-corrected chi connectivity index (χ2v) is 6.65. The molecule has 1 aromatic rings. The van der Waals surface area contributed by atoms with Gasteiger partial charge in [0.25, 0.3) is 0 Å². The van der Waals surface area contributed by atoms with E-state index in [2.05, 4.69) is 33.4 Å². The molecule has 1 saturated heterocycles. The van der Waals surface area contributed by atoms with Crippen molar-refractivity contribution in [3.8, 4) is 0 Å². The summed E-state index contributed by atoms with van der Waals surface area (Å²) in [4.78, 5) is 11.8. The van der Waals surface area contributed by atoms with E-state index in [1.54, 1.807) is 6.08 Å². The number of hydrogen-bond acceptors (Lipinski definition) is 3. The normalized spacial score (nSPS) is 21.5. The van der Waals surface area contributed by atoms with Crippen LogP contribution in [0.4, 0.5) is 0 Å². The first kappa shape index (κ1) is 14.8. The fraction of sp³-hybridized carbons (Fsp3) is 0.471. The van der Waals surface area contributed by atoms with E-state index in [9.17, 15) is 4.79 Å². The molecular weight excluding hydrogens is 330 g/mol. The third-order valence-electron chi connectivity index (χ3n) is 4.56. The summed E-state index contributed by atoms with van der Waals surface area (Å²) in [7, 11) is 0. The van der Waals surface area contributed by atoms with E-state index < -0.39 is 0 Å². The molecule has 4 heteroatoms. The van der Waals surface area contributed by atoms with Crippen LogP contribution in [0, 0.1) is 0 Å². The molecule has 1 N–H and O–H groups in total. The highest BCUT2D eigenvalue weighted by Crippen LogP contribution is 2.52. The molecule has 112 valence electrons. The maximum atomic E-state index is 11.8. The molecule has 0 unspecified atom stereocenters. The first-order chi connectivity index (χ1) is 10.2. The van der Waals surface area contributed by atoms with Crippen LogP contribution in [-0.4, -0.2) is 25.7 Å². The maximum Gasteiger partial charge on any atom is 0.331 e. The molecule has 1 aromatic carbocycles. The minimum atomic E-state index is -0.232. The number of ether oxygens (including phenoxy) is 1. The molecule has 3 rings (SSSR count). The predicted octanol–water partition coefficient (Wildman–Crippen LogP) is 3.42. The zero-order valence-electron chi connectivity index (χ0n) is 12.2. The lowest BCUT2D eigenvalue weighted by molar-refractivity contribution is -0.137. The van der Waals surface area contributed by atoms with Crippen molar-refractivity contribution in [2.24, 2.45) is 0 Å². The summed E-state index contributed by atoms with van der Waals surface area (Å²) >= 11 is 3.72. The van der Waals surface area contributed by atoms with E-state index in [0.29, 0.717) is 6.61 Å². The average Bonchev–Trinajstić information content (AvgIpc) is 2.75. The van der Waals surface area contributed by atoms with Crippen LogP contribution >= 0.6 is 15.9 Å². The van der Waals surface area contributed by atoms with Gasteiger partial charge in [-0.3, -0.25) is 0 Å². The van der Waals surface area contributed by atoms with Crippen LogP contribution in [0.15, 0.2) is 28.7 Å². The van der Waals surface area contributed by atoms with Crippen LogP contribution in [0.2, 0.25) is 0 Å². The molecule has 21 heavy (non-hydrogen) atoms. The van der Waals surface area contributed by atoms with Gasteiger partial charge in [0, 0.05) is 16.0 Å². The molecule has 1 aliphatic heterocycles. The van der Waals surface area contributed by atoms with Crippen LogP contribution in [0.5, 0.6) is 0 Å². The number of esters is 1. The number of rotatable bonds is 2. The summed E-state index contributed by atoms with van der Waals surface area (Å²) in [6.45, 7) is 4.33. The molecule has 2 aliphatic rings. The van der Waals surface area contributed by atoms with Crippen molar-refractivity contribution < 1.29 is 9.53 Å². The molecule has 1 heterocycles. The molecule has 0 radical (unpaired) electrons. The smallest absolute Gasteiger partial charge is 0.331 e. The lowest BCUT2D eigenvalue weighted by Crippen LogP contribution is -2.38. The Labute approximate surface area is 133 Å². The van der Waals surface area contributed by atoms with E-state index in [1.807, 2.05) is 13.0 Å². The highest BCUT2D eigenvalue weighted by atomic mass is 79.9. The second-order valence-electron chi connectivity index (χ2n) is 5.79. The molecule has 0 saturated carbocycles. The first-order valence-electron chi connectivity index (χ1n) is 7.54. The predicted molar refractivity (Wildman–Crippen MR) is 87.2 cm³/mol. The average molecular weight is 350 g/mol. The van der Waals surface area contributed by atoms with Gasteiger partial charge in [-0.2, -0.15) is 0 Å². The second kappa shape index (κ2) is 5.93. The summed E-state index contributed by atoms with van der Waals surface area (Å²) < 4.78 is 6.25. The molecule has 1 spiro atoms.